The zero-order chi connectivity index (χ0) is 19.5. The smallest absolute Gasteiger partial charge is 0.257 e. The third-order valence-corrected chi connectivity index (χ3v) is 5.34. The van der Waals surface area contributed by atoms with Crippen molar-refractivity contribution in [2.45, 2.75) is 32.6 Å². The van der Waals surface area contributed by atoms with Crippen LogP contribution in [0.4, 0.5) is 15.8 Å². The molecule has 0 saturated carbocycles. The van der Waals surface area contributed by atoms with E-state index >= 15 is 0 Å². The summed E-state index contributed by atoms with van der Waals surface area (Å²) in [4.78, 5) is 19.5. The van der Waals surface area contributed by atoms with Crippen LogP contribution in [-0.2, 0) is 6.42 Å². The number of pyridine rings is 1. The molecule has 1 aromatic heterocycles. The highest BCUT2D eigenvalue weighted by Crippen LogP contribution is 2.31. The van der Waals surface area contributed by atoms with Crippen LogP contribution in [0.2, 0.25) is 0 Å². The van der Waals surface area contributed by atoms with Gasteiger partial charge in [0.1, 0.15) is 5.82 Å². The first-order chi connectivity index (χ1) is 13.7. The minimum absolute atomic E-state index is 0.0500. The standard InChI is InChI=1S/C23H24FN3O/c1-2-16-6-9-18(10-7-16)26-22-19-14-17(24)8-11-21(19)25-15-20(22)23(28)27-12-4-3-5-13-27/h6-11,14-15H,2-5,12-13H2,1H3,(H,25,26). The zero-order valence-electron chi connectivity index (χ0n) is 16.0. The van der Waals surface area contributed by atoms with Gasteiger partial charge in [-0.15, -0.1) is 0 Å². The predicted octanol–water partition coefficient (Wildman–Crippen LogP) is 5.31. The summed E-state index contributed by atoms with van der Waals surface area (Å²) >= 11 is 0. The van der Waals surface area contributed by atoms with E-state index < -0.39 is 0 Å². The molecule has 0 aliphatic carbocycles. The second kappa shape index (κ2) is 7.97. The van der Waals surface area contributed by atoms with E-state index in [1.165, 1.54) is 17.7 Å². The lowest BCUT2D eigenvalue weighted by atomic mass is 10.1. The van der Waals surface area contributed by atoms with Crippen molar-refractivity contribution < 1.29 is 9.18 Å². The summed E-state index contributed by atoms with van der Waals surface area (Å²) < 4.78 is 14.0. The van der Waals surface area contributed by atoms with Crippen LogP contribution in [0, 0.1) is 5.82 Å². The van der Waals surface area contributed by atoms with Gasteiger partial charge in [0.15, 0.2) is 0 Å². The largest absolute Gasteiger partial charge is 0.354 e. The minimum atomic E-state index is -0.346. The van der Waals surface area contributed by atoms with Gasteiger partial charge in [-0.2, -0.15) is 0 Å². The van der Waals surface area contributed by atoms with E-state index in [-0.39, 0.29) is 11.7 Å². The van der Waals surface area contributed by atoms with Crippen molar-refractivity contribution in [3.05, 3.63) is 65.6 Å². The molecular weight excluding hydrogens is 353 g/mol. The summed E-state index contributed by atoms with van der Waals surface area (Å²) in [7, 11) is 0. The topological polar surface area (TPSA) is 45.2 Å². The van der Waals surface area contributed by atoms with Gasteiger partial charge in [0.05, 0.1) is 16.8 Å². The Morgan fingerprint density at radius 2 is 1.86 bits per heavy atom. The summed E-state index contributed by atoms with van der Waals surface area (Å²) in [6.07, 6.45) is 5.76. The summed E-state index contributed by atoms with van der Waals surface area (Å²) in [6.45, 7) is 3.62. The number of likely N-dealkylation sites (tertiary alicyclic amines) is 1. The number of halogens is 1. The van der Waals surface area contributed by atoms with Crippen molar-refractivity contribution in [2.75, 3.05) is 18.4 Å². The van der Waals surface area contributed by atoms with Crippen molar-refractivity contribution in [3.8, 4) is 0 Å². The molecule has 0 bridgehead atoms. The van der Waals surface area contributed by atoms with Crippen LogP contribution in [-0.4, -0.2) is 28.9 Å². The average molecular weight is 377 g/mol. The van der Waals surface area contributed by atoms with Crippen LogP contribution in [0.25, 0.3) is 10.9 Å². The maximum absolute atomic E-state index is 14.0. The zero-order valence-corrected chi connectivity index (χ0v) is 16.0. The van der Waals surface area contributed by atoms with E-state index in [0.717, 1.165) is 44.5 Å². The fourth-order valence-corrected chi connectivity index (χ4v) is 3.70. The average Bonchev–Trinajstić information content (AvgIpc) is 2.75. The van der Waals surface area contributed by atoms with Gasteiger partial charge in [0, 0.05) is 30.4 Å². The molecule has 4 nitrogen and oxygen atoms in total. The quantitative estimate of drug-likeness (QED) is 0.670. The maximum Gasteiger partial charge on any atom is 0.257 e. The van der Waals surface area contributed by atoms with Crippen LogP contribution in [0.1, 0.15) is 42.1 Å². The number of hydrogen-bond donors (Lipinski definition) is 1. The number of nitrogens with one attached hydrogen (secondary N) is 1. The van der Waals surface area contributed by atoms with Gasteiger partial charge in [0.2, 0.25) is 0 Å². The maximum atomic E-state index is 14.0. The summed E-state index contributed by atoms with van der Waals surface area (Å²) in [5, 5.41) is 3.97. The number of carbonyl (C=O) groups excluding carboxylic acids is 1. The molecule has 3 aromatic rings. The van der Waals surface area contributed by atoms with Gasteiger partial charge < -0.3 is 10.2 Å². The van der Waals surface area contributed by atoms with E-state index in [1.807, 2.05) is 17.0 Å². The lowest BCUT2D eigenvalue weighted by molar-refractivity contribution is 0.0725. The number of aryl methyl sites for hydroxylation is 1. The lowest BCUT2D eigenvalue weighted by Gasteiger charge is -2.27. The van der Waals surface area contributed by atoms with Crippen LogP contribution in [0.15, 0.2) is 48.7 Å². The molecule has 1 saturated heterocycles. The first-order valence-corrected chi connectivity index (χ1v) is 9.89. The monoisotopic (exact) mass is 377 g/mol. The molecule has 0 atom stereocenters. The summed E-state index contributed by atoms with van der Waals surface area (Å²) in [5.74, 6) is -0.396. The first-order valence-electron chi connectivity index (χ1n) is 9.89. The highest BCUT2D eigenvalue weighted by atomic mass is 19.1. The predicted molar refractivity (Wildman–Crippen MR) is 111 cm³/mol. The Morgan fingerprint density at radius 3 is 2.57 bits per heavy atom. The van der Waals surface area contributed by atoms with E-state index in [0.29, 0.717) is 22.2 Å². The summed E-state index contributed by atoms with van der Waals surface area (Å²) in [5.41, 5.74) is 3.86. The number of piperidine rings is 1. The van der Waals surface area contributed by atoms with Crippen LogP contribution in [0.3, 0.4) is 0 Å². The second-order valence-electron chi connectivity index (χ2n) is 7.24. The Kier molecular flexibility index (Phi) is 5.24. The van der Waals surface area contributed by atoms with E-state index in [4.69, 9.17) is 0 Å². The molecule has 0 radical (unpaired) electrons. The molecule has 4 rings (SSSR count). The number of anilines is 2. The lowest BCUT2D eigenvalue weighted by Crippen LogP contribution is -2.36. The molecule has 1 aliphatic heterocycles. The van der Waals surface area contributed by atoms with Crippen LogP contribution >= 0.6 is 0 Å². The van der Waals surface area contributed by atoms with Crippen molar-refractivity contribution >= 4 is 28.2 Å². The number of amides is 1. The first kappa shape index (κ1) is 18.4. The van der Waals surface area contributed by atoms with Gasteiger partial charge in [-0.1, -0.05) is 19.1 Å². The second-order valence-corrected chi connectivity index (χ2v) is 7.24. The molecule has 1 fully saturated rings. The number of aromatic nitrogens is 1. The molecule has 1 aliphatic rings. The third-order valence-electron chi connectivity index (χ3n) is 5.34. The summed E-state index contributed by atoms with van der Waals surface area (Å²) in [6, 6.07) is 12.6. The van der Waals surface area contributed by atoms with Gasteiger partial charge in [-0.25, -0.2) is 4.39 Å². The number of benzene rings is 2. The van der Waals surface area contributed by atoms with Gasteiger partial charge in [-0.05, 0) is 61.6 Å². The van der Waals surface area contributed by atoms with Crippen molar-refractivity contribution in [1.82, 2.24) is 9.88 Å². The van der Waals surface area contributed by atoms with E-state index in [9.17, 15) is 9.18 Å². The highest BCUT2D eigenvalue weighted by molar-refractivity contribution is 6.08. The molecule has 2 heterocycles. The number of fused-ring (bicyclic) bond motifs is 1. The number of hydrogen-bond acceptors (Lipinski definition) is 3. The fourth-order valence-electron chi connectivity index (χ4n) is 3.70. The number of rotatable bonds is 4. The van der Waals surface area contributed by atoms with E-state index in [2.05, 4.69) is 29.4 Å². The molecule has 0 spiro atoms. The minimum Gasteiger partial charge on any atom is -0.354 e. The molecule has 1 amide bonds. The molecular formula is C23H24FN3O. The highest BCUT2D eigenvalue weighted by Gasteiger charge is 2.23. The van der Waals surface area contributed by atoms with Crippen LogP contribution < -0.4 is 5.32 Å². The molecule has 28 heavy (non-hydrogen) atoms. The Bertz CT molecular complexity index is 995. The third kappa shape index (κ3) is 3.70. The molecule has 2 aromatic carbocycles. The Balaban J connectivity index is 1.79. The van der Waals surface area contributed by atoms with E-state index in [1.54, 1.807) is 12.3 Å². The Morgan fingerprint density at radius 1 is 1.11 bits per heavy atom. The van der Waals surface area contributed by atoms with Crippen molar-refractivity contribution in [2.24, 2.45) is 0 Å². The number of carbonyl (C=O) groups is 1. The van der Waals surface area contributed by atoms with Gasteiger partial charge in [-0.3, -0.25) is 9.78 Å². The van der Waals surface area contributed by atoms with Gasteiger partial charge in [0.25, 0.3) is 5.91 Å². The molecule has 5 heteroatoms. The molecule has 0 unspecified atom stereocenters. The SMILES string of the molecule is CCc1ccc(Nc2c(C(=O)N3CCCCC3)cnc3ccc(F)cc23)cc1. The van der Waals surface area contributed by atoms with Crippen molar-refractivity contribution in [3.63, 3.8) is 0 Å². The Labute approximate surface area is 164 Å². The van der Waals surface area contributed by atoms with Crippen LogP contribution in [0.5, 0.6) is 0 Å². The van der Waals surface area contributed by atoms with Gasteiger partial charge >= 0.3 is 0 Å². The molecule has 144 valence electrons. The Hall–Kier alpha value is -2.95. The normalized spacial score (nSPS) is 14.3. The van der Waals surface area contributed by atoms with Crippen molar-refractivity contribution in [1.29, 1.82) is 0 Å². The number of nitrogens with zero attached hydrogens (tertiary/aromatic N) is 2. The molecule has 1 N–H and O–H groups in total. The fraction of sp³-hybridized carbons (Fsp3) is 0.304.